The molecule has 0 aliphatic carbocycles. The van der Waals surface area contributed by atoms with Gasteiger partial charge in [-0.3, -0.25) is 0 Å². The van der Waals surface area contributed by atoms with Gasteiger partial charge in [0.05, 0.1) is 18.8 Å². The lowest BCUT2D eigenvalue weighted by Gasteiger charge is -2.05. The van der Waals surface area contributed by atoms with Gasteiger partial charge in [0.2, 0.25) is 0 Å². The molecule has 0 atom stereocenters. The maximum atomic E-state index is 9.31. The molecule has 0 heterocycles. The number of halogens is 1. The van der Waals surface area contributed by atoms with E-state index < -0.39 is 0 Å². The van der Waals surface area contributed by atoms with E-state index in [1.807, 2.05) is 54.6 Å². The third-order valence-electron chi connectivity index (χ3n) is 2.71. The minimum Gasteiger partial charge on any atom is -0.496 e. The molecule has 0 radical (unpaired) electrons. The van der Waals surface area contributed by atoms with Crippen LogP contribution in [-0.2, 0) is 0 Å². The normalized spacial score (nSPS) is 10.9. The van der Waals surface area contributed by atoms with Crippen LogP contribution in [0.3, 0.4) is 0 Å². The van der Waals surface area contributed by atoms with Gasteiger partial charge in [0.1, 0.15) is 5.75 Å². The summed E-state index contributed by atoms with van der Waals surface area (Å²) >= 11 is 2.24. The molecule has 3 heteroatoms. The van der Waals surface area contributed by atoms with Crippen LogP contribution in [0, 0.1) is 14.9 Å². The van der Waals surface area contributed by atoms with Crippen LogP contribution < -0.4 is 4.74 Å². The Morgan fingerprint density at radius 1 is 1.16 bits per heavy atom. The number of hydrogen-bond acceptors (Lipinski definition) is 2. The lowest BCUT2D eigenvalue weighted by atomic mass is 10.0. The zero-order valence-corrected chi connectivity index (χ0v) is 12.6. The molecular weight excluding hydrogens is 349 g/mol. The van der Waals surface area contributed by atoms with Crippen molar-refractivity contribution in [3.05, 3.63) is 63.2 Å². The summed E-state index contributed by atoms with van der Waals surface area (Å²) in [7, 11) is 1.63. The molecule has 2 rings (SSSR count). The van der Waals surface area contributed by atoms with Crippen LogP contribution >= 0.6 is 22.6 Å². The number of allylic oxidation sites excluding steroid dienone is 1. The third kappa shape index (κ3) is 3.36. The van der Waals surface area contributed by atoms with Gasteiger partial charge in [-0.15, -0.1) is 0 Å². The Bertz CT molecular complexity index is 639. The van der Waals surface area contributed by atoms with Gasteiger partial charge >= 0.3 is 0 Å². The molecule has 0 amide bonds. The molecule has 0 saturated heterocycles. The SMILES string of the molecule is COc1ccccc1C=C(C#N)c1ccc(I)cc1. The summed E-state index contributed by atoms with van der Waals surface area (Å²) in [6, 6.07) is 17.8. The molecule has 0 aliphatic heterocycles. The van der Waals surface area contributed by atoms with E-state index in [1.165, 1.54) is 0 Å². The molecule has 0 bridgehead atoms. The van der Waals surface area contributed by atoms with Crippen molar-refractivity contribution in [1.82, 2.24) is 0 Å². The van der Waals surface area contributed by atoms with Crippen molar-refractivity contribution >= 4 is 34.2 Å². The largest absolute Gasteiger partial charge is 0.496 e. The Morgan fingerprint density at radius 3 is 2.47 bits per heavy atom. The molecule has 2 aromatic carbocycles. The molecule has 0 N–H and O–H groups in total. The third-order valence-corrected chi connectivity index (χ3v) is 3.43. The molecule has 19 heavy (non-hydrogen) atoms. The smallest absolute Gasteiger partial charge is 0.126 e. The number of nitrogens with zero attached hydrogens (tertiary/aromatic N) is 1. The second-order valence-corrected chi connectivity index (χ2v) is 5.16. The summed E-state index contributed by atoms with van der Waals surface area (Å²) in [5.74, 6) is 0.765. The highest BCUT2D eigenvalue weighted by Crippen LogP contribution is 2.24. The fourth-order valence-corrected chi connectivity index (χ4v) is 2.11. The van der Waals surface area contributed by atoms with Crippen molar-refractivity contribution in [2.24, 2.45) is 0 Å². The van der Waals surface area contributed by atoms with Crippen molar-refractivity contribution in [2.75, 3.05) is 7.11 Å². The van der Waals surface area contributed by atoms with E-state index in [-0.39, 0.29) is 0 Å². The average molecular weight is 361 g/mol. The number of benzene rings is 2. The highest BCUT2D eigenvalue weighted by Gasteiger charge is 2.04. The number of methoxy groups -OCH3 is 1. The van der Waals surface area contributed by atoms with Gasteiger partial charge in [-0.1, -0.05) is 30.3 Å². The van der Waals surface area contributed by atoms with Crippen LogP contribution in [0.15, 0.2) is 48.5 Å². The summed E-state index contributed by atoms with van der Waals surface area (Å²) in [5.41, 5.74) is 2.44. The first-order valence-electron chi connectivity index (χ1n) is 5.75. The van der Waals surface area contributed by atoms with Crippen molar-refractivity contribution in [1.29, 1.82) is 5.26 Å². The van der Waals surface area contributed by atoms with E-state index in [0.717, 1.165) is 20.4 Å². The van der Waals surface area contributed by atoms with E-state index >= 15 is 0 Å². The summed E-state index contributed by atoms with van der Waals surface area (Å²) in [4.78, 5) is 0. The fraction of sp³-hybridized carbons (Fsp3) is 0.0625. The first-order valence-corrected chi connectivity index (χ1v) is 6.83. The van der Waals surface area contributed by atoms with Gasteiger partial charge in [-0.05, 0) is 52.4 Å². The maximum Gasteiger partial charge on any atom is 0.126 e. The van der Waals surface area contributed by atoms with E-state index in [1.54, 1.807) is 7.11 Å². The van der Waals surface area contributed by atoms with Crippen molar-refractivity contribution < 1.29 is 4.74 Å². The van der Waals surface area contributed by atoms with Gasteiger partial charge in [-0.2, -0.15) is 5.26 Å². The number of rotatable bonds is 3. The van der Waals surface area contributed by atoms with Crippen molar-refractivity contribution in [2.45, 2.75) is 0 Å². The molecule has 0 unspecified atom stereocenters. The first kappa shape index (κ1) is 13.6. The average Bonchev–Trinajstić information content (AvgIpc) is 2.46. The van der Waals surface area contributed by atoms with Crippen molar-refractivity contribution in [3.8, 4) is 11.8 Å². The second-order valence-electron chi connectivity index (χ2n) is 3.92. The Kier molecular flexibility index (Phi) is 4.58. The van der Waals surface area contributed by atoms with Gasteiger partial charge in [0, 0.05) is 9.13 Å². The summed E-state index contributed by atoms with van der Waals surface area (Å²) in [6.07, 6.45) is 1.85. The minimum absolute atomic E-state index is 0.626. The molecule has 0 aromatic heterocycles. The summed E-state index contributed by atoms with van der Waals surface area (Å²) in [6.45, 7) is 0. The first-order chi connectivity index (χ1) is 9.24. The molecule has 94 valence electrons. The lowest BCUT2D eigenvalue weighted by molar-refractivity contribution is 0.414. The second kappa shape index (κ2) is 6.39. The zero-order chi connectivity index (χ0) is 13.7. The summed E-state index contributed by atoms with van der Waals surface area (Å²) in [5, 5.41) is 9.31. The molecule has 2 nitrogen and oxygen atoms in total. The maximum absolute atomic E-state index is 9.31. The topological polar surface area (TPSA) is 33.0 Å². The van der Waals surface area contributed by atoms with Gasteiger partial charge in [0.25, 0.3) is 0 Å². The number of nitriles is 1. The number of para-hydroxylation sites is 1. The van der Waals surface area contributed by atoms with Crippen LogP contribution in [0.2, 0.25) is 0 Å². The quantitative estimate of drug-likeness (QED) is 0.462. The fourth-order valence-electron chi connectivity index (χ4n) is 1.75. The standard InChI is InChI=1S/C16H12INO/c1-19-16-5-3-2-4-13(16)10-14(11-18)12-6-8-15(17)9-7-12/h2-10H,1H3. The Balaban J connectivity index is 2.44. The lowest BCUT2D eigenvalue weighted by Crippen LogP contribution is -1.87. The Labute approximate surface area is 126 Å². The van der Waals surface area contributed by atoms with Gasteiger partial charge in [-0.25, -0.2) is 0 Å². The molecular formula is C16H12INO. The van der Waals surface area contributed by atoms with Crippen LogP contribution in [0.5, 0.6) is 5.75 Å². The molecule has 2 aromatic rings. The number of hydrogen-bond donors (Lipinski definition) is 0. The van der Waals surface area contributed by atoms with Gasteiger partial charge < -0.3 is 4.74 Å². The van der Waals surface area contributed by atoms with Crippen LogP contribution in [-0.4, -0.2) is 7.11 Å². The Hall–Kier alpha value is -1.80. The predicted molar refractivity (Wildman–Crippen MR) is 85.6 cm³/mol. The van der Waals surface area contributed by atoms with E-state index in [4.69, 9.17) is 4.74 Å². The highest BCUT2D eigenvalue weighted by molar-refractivity contribution is 14.1. The van der Waals surface area contributed by atoms with E-state index in [0.29, 0.717) is 5.57 Å². The molecule has 0 saturated carbocycles. The molecule has 0 fully saturated rings. The molecule has 0 spiro atoms. The molecule has 0 aliphatic rings. The number of ether oxygens (including phenoxy) is 1. The monoisotopic (exact) mass is 361 g/mol. The van der Waals surface area contributed by atoms with E-state index in [9.17, 15) is 5.26 Å². The van der Waals surface area contributed by atoms with Crippen molar-refractivity contribution in [3.63, 3.8) is 0 Å². The van der Waals surface area contributed by atoms with Crippen LogP contribution in [0.25, 0.3) is 11.6 Å². The van der Waals surface area contributed by atoms with Crippen LogP contribution in [0.1, 0.15) is 11.1 Å². The zero-order valence-electron chi connectivity index (χ0n) is 10.4. The highest BCUT2D eigenvalue weighted by atomic mass is 127. The van der Waals surface area contributed by atoms with Gasteiger partial charge in [0.15, 0.2) is 0 Å². The minimum atomic E-state index is 0.626. The van der Waals surface area contributed by atoms with E-state index in [2.05, 4.69) is 28.7 Å². The Morgan fingerprint density at radius 2 is 1.84 bits per heavy atom. The van der Waals surface area contributed by atoms with Crippen LogP contribution in [0.4, 0.5) is 0 Å². The summed E-state index contributed by atoms with van der Waals surface area (Å²) < 4.78 is 6.44. The predicted octanol–water partition coefficient (Wildman–Crippen LogP) is 4.36.